The number of benzene rings is 12. The number of aromatic amines is 2. The molecule has 0 atom stereocenters. The van der Waals surface area contributed by atoms with Gasteiger partial charge in [-0.1, -0.05) is 48.5 Å². The van der Waals surface area contributed by atoms with E-state index in [9.17, 15) is 0 Å². The minimum absolute atomic E-state index is 0. The number of quaternary nitrogens is 8. The average Bonchev–Trinajstić information content (AvgIpc) is 1.58. The van der Waals surface area contributed by atoms with Gasteiger partial charge in [-0.2, -0.15) is 0 Å². The zero-order chi connectivity index (χ0) is 90.7. The fraction of sp³-hybridized carbons (Fsp3) is 0.231. The Kier molecular flexibility index (Phi) is 34.4. The summed E-state index contributed by atoms with van der Waals surface area (Å²) >= 11 is 0. The molecule has 17 rings (SSSR count). The van der Waals surface area contributed by atoms with Crippen LogP contribution in [0.4, 0.5) is 45.5 Å². The number of rotatable bonds is 24. The van der Waals surface area contributed by atoms with Gasteiger partial charge in [0.1, 0.15) is 114 Å². The Morgan fingerprint density at radius 2 is 0.307 bits per heavy atom. The fourth-order valence-corrected chi connectivity index (χ4v) is 15.2. The molecule has 3 aromatic heterocycles. The number of fused-ring (bicyclic) bond motifs is 20. The monoisotopic (exact) mass is 2070 g/mol. The van der Waals surface area contributed by atoms with Crippen LogP contribution in [-0.2, 0) is 19.5 Å². The fourth-order valence-electron chi connectivity index (χ4n) is 15.2. The van der Waals surface area contributed by atoms with E-state index in [-0.39, 0.29) is 142 Å². The summed E-state index contributed by atoms with van der Waals surface area (Å²) in [5.41, 5.74) is 11.8. The number of ether oxygens (including phenoxy) is 8. The molecule has 15 aromatic rings. The molecule has 0 amide bonds. The number of hydrogen-bond donors (Lipinski definition) is 2. The molecule has 0 saturated heterocycles. The van der Waals surface area contributed by atoms with E-state index < -0.39 is 0 Å². The quantitative estimate of drug-likeness (QED) is 0.0430. The Labute approximate surface area is 864 Å². The van der Waals surface area contributed by atoms with E-state index in [2.05, 4.69) is 228 Å². The van der Waals surface area contributed by atoms with Crippen LogP contribution in [0.1, 0.15) is 0 Å². The van der Waals surface area contributed by atoms with Crippen LogP contribution in [0.5, 0.6) is 92.0 Å². The van der Waals surface area contributed by atoms with Crippen molar-refractivity contribution in [3.05, 3.63) is 243 Å². The Balaban J connectivity index is 0.00000256. The van der Waals surface area contributed by atoms with Gasteiger partial charge in [-0.05, 0) is 146 Å². The van der Waals surface area contributed by atoms with Crippen LogP contribution in [0.3, 0.4) is 0 Å². The van der Waals surface area contributed by atoms with Crippen molar-refractivity contribution in [2.75, 3.05) is 169 Å². The third kappa shape index (κ3) is 24.7. The molecule has 714 valence electrons. The molecule has 24 nitrogen and oxygen atoms in total. The summed E-state index contributed by atoms with van der Waals surface area (Å²) in [7, 11) is 51.0. The predicted octanol–water partition coefficient (Wildman–Crippen LogP) is 26.2. The van der Waals surface area contributed by atoms with Gasteiger partial charge in [-0.3, -0.25) is 35.9 Å². The average molecular weight is 2070 g/mol. The van der Waals surface area contributed by atoms with Gasteiger partial charge in [0.25, 0.3) is 0 Å². The Bertz CT molecular complexity index is 6310. The molecule has 0 spiro atoms. The number of hydrogen-bond acceptors (Lipinski definition) is 14. The van der Waals surface area contributed by atoms with Crippen LogP contribution in [0.25, 0.3) is 89.7 Å². The maximum Gasteiger partial charge on any atom is 2.00 e. The minimum atomic E-state index is 0. The number of halogens is 8. The van der Waals surface area contributed by atoms with Gasteiger partial charge in [-0.25, -0.2) is 29.9 Å². The van der Waals surface area contributed by atoms with E-state index in [0.717, 1.165) is 45.5 Å². The summed E-state index contributed by atoms with van der Waals surface area (Å²) in [6.07, 6.45) is 0. The van der Waals surface area contributed by atoms with Crippen molar-refractivity contribution >= 4 is 189 Å². The van der Waals surface area contributed by atoms with Gasteiger partial charge in [0.05, 0.1) is 169 Å². The smallest absolute Gasteiger partial charge is 0.453 e. The number of aromatic nitrogens is 8. The topological polar surface area (TPSA) is 183 Å². The molecule has 2 aliphatic rings. The second-order valence-corrected chi connectivity index (χ2v) is 39.9. The molecular weight excluding hydrogens is 1950 g/mol. The van der Waals surface area contributed by atoms with Gasteiger partial charge in [0.15, 0.2) is 69.3 Å². The van der Waals surface area contributed by atoms with E-state index in [1.807, 2.05) is 194 Å². The van der Waals surface area contributed by atoms with Crippen LogP contribution in [0, 0.1) is 0 Å². The predicted molar refractivity (Wildman–Crippen MR) is 583 cm³/mol. The maximum atomic E-state index is 7.20. The molecule has 0 radical (unpaired) electrons. The Morgan fingerprint density at radius 3 is 0.438 bits per heavy atom. The van der Waals surface area contributed by atoms with E-state index in [4.69, 9.17) is 67.8 Å². The van der Waals surface area contributed by atoms with Crippen molar-refractivity contribution in [3.63, 3.8) is 0 Å². The first-order valence-corrected chi connectivity index (χ1v) is 42.7. The zero-order valence-electron chi connectivity index (χ0n) is 81.6. The van der Waals surface area contributed by atoms with E-state index in [1.54, 1.807) is 0 Å². The molecule has 12 aromatic carbocycles. The second kappa shape index (κ2) is 42.4. The molecule has 0 aliphatic carbocycles. The van der Waals surface area contributed by atoms with Gasteiger partial charge in [0.2, 0.25) is 0 Å². The van der Waals surface area contributed by atoms with Crippen molar-refractivity contribution < 1.29 is 57.4 Å². The molecule has 0 unspecified atom stereocenters. The SMILES string of the molecule is C[N+](C)(C)c1cccc(Oc2cc3c(cc2Oc2cccc([N+](C)(C)C)c2)-c2nc-3nc3[nH]c(nc4nc(nc5[nH]c(n2)c2cc(Oc6cccc([N+](C)(C)C)c6)c(Oc6cccc([N+](C)(C)C)c6)cc52)-c2cc(Oc5cccc([N+](C)(C)C)c5)c(Oc5cccc([N+](C)(C)C)c5)cc2-4)c2cc(Oc4cccc([N+](C)(C)C)c4)c(Oc4cccc([N+](C)(C)C)c4)cc32)c1.Cl.Cl.Cl.Cl.Cl.Cl.Cl.Cl.[Zn+2]. The standard InChI is InChI=1S/C104H114N16O8.8ClH.Zn/c1-113(2,3)65-33-25-41-73(49-65)121-89-57-81-82(58-90(89)122-74-42-26-34-66(50-74)114(4,5)6)98-105-97(81)109-99-83-59-91(123-75-43-27-35-67(51-75)115(7,8)9)92(124-76-44-28-36-68(52-76)116(10,11)12)60-84(83)101(106-99)111-103-87-63-95(127-79-47-31-39-71(55-79)119(19,20)21)96(128-80-48-32-40-72(56-80)120(22,23)24)64-88(87)104(108-103)112-102-86-62-94(126-78-46-30-38-70(54-78)118(16,17)18)93(61-85(86)100(107-102)110-98)125-77-45-29-37-69(53-77)117(13,14)15;;;;;;;;;/h25-64H,1-24H3,(H2,105,106,107,108,109,110,111,112);8*1H;/q+8;;;;;;;;;+2. The first-order chi connectivity index (χ1) is 60.3. The summed E-state index contributed by atoms with van der Waals surface area (Å²) < 4.78 is 61.8. The van der Waals surface area contributed by atoms with Crippen molar-refractivity contribution in [1.29, 1.82) is 0 Å². The number of nitrogens with zero attached hydrogens (tertiary/aromatic N) is 14. The largest absolute Gasteiger partial charge is 2.00 e. The van der Waals surface area contributed by atoms with Crippen LogP contribution in [0.15, 0.2) is 243 Å². The van der Waals surface area contributed by atoms with E-state index >= 15 is 0 Å². The van der Waals surface area contributed by atoms with Gasteiger partial charge in [0, 0.05) is 92.3 Å². The van der Waals surface area contributed by atoms with Gasteiger partial charge in [-0.15, -0.1) is 99.3 Å². The van der Waals surface area contributed by atoms with Crippen LogP contribution >= 0.6 is 99.3 Å². The summed E-state index contributed by atoms with van der Waals surface area (Å²) in [6, 6.07) is 80.2. The van der Waals surface area contributed by atoms with E-state index in [1.165, 1.54) is 0 Å². The van der Waals surface area contributed by atoms with E-state index in [0.29, 0.717) is 194 Å². The Hall–Kier alpha value is -11.0. The van der Waals surface area contributed by atoms with Crippen LogP contribution in [0.2, 0.25) is 0 Å². The first-order valence-electron chi connectivity index (χ1n) is 42.7. The van der Waals surface area contributed by atoms with Gasteiger partial charge >= 0.3 is 19.5 Å². The summed E-state index contributed by atoms with van der Waals surface area (Å²) in [5.74, 6) is 8.78. The molecule has 2 aliphatic heterocycles. The molecule has 5 heterocycles. The molecule has 137 heavy (non-hydrogen) atoms. The number of nitrogens with one attached hydrogen (secondary N) is 2. The maximum absolute atomic E-state index is 7.20. The summed E-state index contributed by atoms with van der Waals surface area (Å²) in [4.78, 5) is 41.7. The van der Waals surface area contributed by atoms with Crippen molar-refractivity contribution in [3.8, 4) is 138 Å². The van der Waals surface area contributed by atoms with Crippen molar-refractivity contribution in [1.82, 2.24) is 75.7 Å². The third-order valence-corrected chi connectivity index (χ3v) is 22.6. The van der Waals surface area contributed by atoms with Gasteiger partial charge < -0.3 is 47.9 Å². The summed E-state index contributed by atoms with van der Waals surface area (Å²) in [5, 5.41) is 2.37. The normalized spacial score (nSPS) is 11.9. The zero-order valence-corrected chi connectivity index (χ0v) is 91.1. The minimum Gasteiger partial charge on any atom is -0.453 e. The van der Waals surface area contributed by atoms with Crippen LogP contribution in [-0.4, -0.2) is 209 Å². The van der Waals surface area contributed by atoms with Crippen molar-refractivity contribution in [2.24, 2.45) is 0 Å². The van der Waals surface area contributed by atoms with Crippen LogP contribution < -0.4 is 73.8 Å². The molecule has 0 fully saturated rings. The molecule has 2 N–H and O–H groups in total. The molecular formula is C104H122Cl8N16O8Zn+10. The summed E-state index contributed by atoms with van der Waals surface area (Å²) in [6.45, 7) is 0. The molecule has 0 saturated carbocycles. The van der Waals surface area contributed by atoms with Crippen molar-refractivity contribution in [2.45, 2.75) is 0 Å². The first kappa shape index (κ1) is 111. The molecule has 8 bridgehead atoms. The third-order valence-electron chi connectivity index (χ3n) is 22.6. The Morgan fingerprint density at radius 1 is 0.175 bits per heavy atom. The molecule has 33 heteroatoms. The number of H-pyrrole nitrogens is 2. The second-order valence-electron chi connectivity index (χ2n) is 39.9.